The smallest absolute Gasteiger partial charge is 0.238 e. The average Bonchev–Trinajstić information content (AvgIpc) is 3.79. The zero-order valence-electron chi connectivity index (χ0n) is 41.9. The van der Waals surface area contributed by atoms with Crippen LogP contribution in [0.3, 0.4) is 0 Å². The van der Waals surface area contributed by atoms with E-state index < -0.39 is 10.8 Å². The molecule has 0 fully saturated rings. The highest BCUT2D eigenvalue weighted by Gasteiger charge is 2.42. The number of nitrogens with zero attached hydrogens (tertiary/aromatic N) is 9. The Bertz CT molecular complexity index is 3810. The molecular formula is C66H49N9. The van der Waals surface area contributed by atoms with E-state index in [2.05, 4.69) is 194 Å². The van der Waals surface area contributed by atoms with Gasteiger partial charge in [-0.3, -0.25) is 9.80 Å². The van der Waals surface area contributed by atoms with Crippen molar-refractivity contribution in [2.75, 3.05) is 9.80 Å². The molecule has 0 unspecified atom stereocenters. The molecule has 0 saturated heterocycles. The van der Waals surface area contributed by atoms with Crippen LogP contribution in [0.1, 0.15) is 49.9 Å². The summed E-state index contributed by atoms with van der Waals surface area (Å²) in [4.78, 5) is 36.2. The van der Waals surface area contributed by atoms with E-state index in [0.717, 1.165) is 83.6 Å². The minimum atomic E-state index is -0.419. The first-order valence-electron chi connectivity index (χ1n) is 25.5. The molecule has 0 aliphatic carbocycles. The van der Waals surface area contributed by atoms with Crippen LogP contribution in [0.25, 0.3) is 73.0 Å². The lowest BCUT2D eigenvalue weighted by Gasteiger charge is -2.41. The quantitative estimate of drug-likeness (QED) is 0.156. The van der Waals surface area contributed by atoms with Gasteiger partial charge in [0.1, 0.15) is 0 Å². The van der Waals surface area contributed by atoms with Crippen molar-refractivity contribution in [2.24, 2.45) is 0 Å². The van der Waals surface area contributed by atoms with Crippen molar-refractivity contribution in [2.45, 2.75) is 38.5 Å². The van der Waals surface area contributed by atoms with Crippen LogP contribution in [-0.4, -0.2) is 34.5 Å². The highest BCUT2D eigenvalue weighted by atomic mass is 15.3. The van der Waals surface area contributed by atoms with E-state index in [4.69, 9.17) is 29.9 Å². The Hall–Kier alpha value is -9.60. The van der Waals surface area contributed by atoms with E-state index in [0.29, 0.717) is 35.2 Å². The van der Waals surface area contributed by atoms with E-state index in [1.165, 1.54) is 11.1 Å². The largest absolute Gasteiger partial charge is 0.309 e. The predicted octanol–water partition coefficient (Wildman–Crippen LogP) is 16.0. The maximum atomic E-state index is 5.36. The second-order valence-electron chi connectivity index (χ2n) is 20.4. The second-order valence-corrected chi connectivity index (χ2v) is 20.4. The molecule has 9 heteroatoms. The molecule has 12 aromatic rings. The number of rotatable bonds is 7. The molecule has 9 aromatic carbocycles. The molecule has 5 heterocycles. The summed E-state index contributed by atoms with van der Waals surface area (Å²) in [6.45, 7) is 9.33. The molecular weight excluding hydrogens is 919 g/mol. The molecule has 0 amide bonds. The van der Waals surface area contributed by atoms with Crippen molar-refractivity contribution in [3.05, 3.63) is 247 Å². The molecule has 0 spiro atoms. The van der Waals surface area contributed by atoms with Gasteiger partial charge in [-0.15, -0.1) is 0 Å². The van der Waals surface area contributed by atoms with Gasteiger partial charge in [0.05, 0.1) is 33.8 Å². The summed E-state index contributed by atoms with van der Waals surface area (Å²) in [6.07, 6.45) is 0. The molecule has 358 valence electrons. The van der Waals surface area contributed by atoms with Gasteiger partial charge in [0, 0.05) is 49.5 Å². The van der Waals surface area contributed by atoms with Crippen molar-refractivity contribution in [3.63, 3.8) is 0 Å². The van der Waals surface area contributed by atoms with Gasteiger partial charge in [0.25, 0.3) is 0 Å². The summed E-state index contributed by atoms with van der Waals surface area (Å²) >= 11 is 0. The van der Waals surface area contributed by atoms with Gasteiger partial charge in [0.15, 0.2) is 23.3 Å². The third-order valence-electron chi connectivity index (χ3n) is 15.3. The monoisotopic (exact) mass is 967 g/mol. The number of para-hydroxylation sites is 3. The lowest BCUT2D eigenvalue weighted by molar-refractivity contribution is 0.631. The number of hydrogen-bond donors (Lipinski definition) is 0. The van der Waals surface area contributed by atoms with Gasteiger partial charge in [-0.1, -0.05) is 204 Å². The highest BCUT2D eigenvalue weighted by Crippen LogP contribution is 2.56. The molecule has 9 nitrogen and oxygen atoms in total. The van der Waals surface area contributed by atoms with E-state index in [1.807, 2.05) is 72.8 Å². The number of aromatic nitrogens is 7. The lowest BCUT2D eigenvalue weighted by atomic mass is 9.73. The van der Waals surface area contributed by atoms with Crippen LogP contribution in [0.5, 0.6) is 0 Å². The van der Waals surface area contributed by atoms with Gasteiger partial charge in [-0.05, 0) is 70.8 Å². The minimum Gasteiger partial charge on any atom is -0.309 e. The van der Waals surface area contributed by atoms with Gasteiger partial charge in [-0.2, -0.15) is 19.9 Å². The molecule has 75 heavy (non-hydrogen) atoms. The molecule has 2 aliphatic rings. The number of benzene rings is 9. The van der Waals surface area contributed by atoms with Gasteiger partial charge in [-0.25, -0.2) is 9.97 Å². The Labute approximate surface area is 435 Å². The molecule has 0 bridgehead atoms. The summed E-state index contributed by atoms with van der Waals surface area (Å²) in [5.74, 6) is 3.48. The standard InChI is InChI=1S/C66H49N9/c1-65(2)49-34-20-22-36-53(49)74(63-69-59(42-24-10-5-11-25-42)67-60(70-63)43-26-12-6-13-27-43)57-38-47-48-39-58-52(41-56(48)73(55(47)40-51(57)65)46-32-18-9-19-33-46)66(3,4)50-35-21-23-37-54(50)75(58)64-71-61(44-28-14-7-15-29-44)68-62(72-64)45-30-16-8-17-31-45/h5-41H,1-4H3. The molecule has 3 aromatic heterocycles. The van der Waals surface area contributed by atoms with Crippen molar-refractivity contribution < 1.29 is 0 Å². The van der Waals surface area contributed by atoms with E-state index in [-0.39, 0.29) is 0 Å². The van der Waals surface area contributed by atoms with E-state index in [1.54, 1.807) is 0 Å². The Kier molecular flexibility index (Phi) is 10.0. The van der Waals surface area contributed by atoms with Crippen LogP contribution in [-0.2, 0) is 10.8 Å². The normalized spacial score (nSPS) is 14.0. The van der Waals surface area contributed by atoms with E-state index >= 15 is 0 Å². The summed E-state index contributed by atoms with van der Waals surface area (Å²) in [5, 5.41) is 2.16. The van der Waals surface area contributed by atoms with Crippen LogP contribution in [0.15, 0.2) is 224 Å². The van der Waals surface area contributed by atoms with Crippen LogP contribution < -0.4 is 9.80 Å². The maximum absolute atomic E-state index is 5.36. The first-order valence-corrected chi connectivity index (χ1v) is 25.5. The summed E-state index contributed by atoms with van der Waals surface area (Å²) in [5.41, 5.74) is 14.8. The van der Waals surface area contributed by atoms with Gasteiger partial charge >= 0.3 is 0 Å². The first kappa shape index (κ1) is 44.1. The summed E-state index contributed by atoms with van der Waals surface area (Å²) in [7, 11) is 0. The minimum absolute atomic E-state index is 0.419. The average molecular weight is 968 g/mol. The lowest BCUT2D eigenvalue weighted by Crippen LogP contribution is -2.31. The highest BCUT2D eigenvalue weighted by molar-refractivity contribution is 6.14. The third kappa shape index (κ3) is 7.06. The Balaban J connectivity index is 1.07. The second kappa shape index (κ2) is 17.0. The number of hydrogen-bond acceptors (Lipinski definition) is 8. The first-order chi connectivity index (χ1) is 36.7. The summed E-state index contributed by atoms with van der Waals surface area (Å²) < 4.78 is 2.45. The van der Waals surface area contributed by atoms with Crippen LogP contribution in [0.2, 0.25) is 0 Å². The van der Waals surface area contributed by atoms with E-state index in [9.17, 15) is 0 Å². The number of fused-ring (bicyclic) bond motifs is 7. The molecule has 0 N–H and O–H groups in total. The molecule has 0 atom stereocenters. The molecule has 0 saturated carbocycles. The van der Waals surface area contributed by atoms with Crippen LogP contribution in [0, 0.1) is 0 Å². The fourth-order valence-corrected chi connectivity index (χ4v) is 11.5. The zero-order valence-corrected chi connectivity index (χ0v) is 41.9. The third-order valence-corrected chi connectivity index (χ3v) is 15.3. The van der Waals surface area contributed by atoms with Crippen molar-refractivity contribution in [1.82, 2.24) is 34.5 Å². The van der Waals surface area contributed by atoms with Crippen LogP contribution in [0.4, 0.5) is 34.6 Å². The Morgan fingerprint density at radius 2 is 0.600 bits per heavy atom. The number of anilines is 6. The van der Waals surface area contributed by atoms with Gasteiger partial charge in [0.2, 0.25) is 11.9 Å². The van der Waals surface area contributed by atoms with Crippen molar-refractivity contribution in [1.29, 1.82) is 0 Å². The molecule has 2 aliphatic heterocycles. The zero-order chi connectivity index (χ0) is 50.4. The predicted molar refractivity (Wildman–Crippen MR) is 303 cm³/mol. The molecule has 0 radical (unpaired) electrons. The summed E-state index contributed by atoms with van der Waals surface area (Å²) in [6, 6.07) is 78.5. The van der Waals surface area contributed by atoms with Crippen LogP contribution >= 0.6 is 0 Å². The van der Waals surface area contributed by atoms with Crippen molar-refractivity contribution >= 4 is 56.5 Å². The Morgan fingerprint density at radius 1 is 0.293 bits per heavy atom. The van der Waals surface area contributed by atoms with Crippen molar-refractivity contribution in [3.8, 4) is 51.2 Å². The SMILES string of the molecule is CC1(C)c2ccccc2N(c2nc(-c3ccccc3)nc(-c3ccccc3)n2)c2cc3c4cc5c(cc4n(-c4ccccc4)c3cc21)C(C)(C)c1ccccc1N5c1nc(-c2ccccc2)nc(-c2ccccc2)n1. The topological polar surface area (TPSA) is 88.8 Å². The van der Waals surface area contributed by atoms with Gasteiger partial charge < -0.3 is 4.57 Å². The fourth-order valence-electron chi connectivity index (χ4n) is 11.5. The Morgan fingerprint density at radius 3 is 0.947 bits per heavy atom. The fraction of sp³-hybridized carbons (Fsp3) is 0.0909. The molecule has 14 rings (SSSR count). The maximum Gasteiger partial charge on any atom is 0.238 e.